The van der Waals surface area contributed by atoms with Crippen LogP contribution in [0.3, 0.4) is 0 Å². The van der Waals surface area contributed by atoms with E-state index in [1.54, 1.807) is 6.07 Å². The number of nitro benzene ring substituents is 1. The first-order valence-electron chi connectivity index (χ1n) is 6.27. The molecular weight excluding hydrogens is 280 g/mol. The van der Waals surface area contributed by atoms with Crippen LogP contribution in [0, 0.1) is 26.9 Å². The molecular formula is C14H17ClN2O3. The van der Waals surface area contributed by atoms with Crippen molar-refractivity contribution in [3.05, 3.63) is 33.9 Å². The van der Waals surface area contributed by atoms with Gasteiger partial charge in [0.15, 0.2) is 0 Å². The largest absolute Gasteiger partial charge is 0.493 e. The van der Waals surface area contributed by atoms with Gasteiger partial charge in [-0.05, 0) is 32.8 Å². The van der Waals surface area contributed by atoms with Crippen molar-refractivity contribution >= 4 is 17.3 Å². The zero-order valence-corrected chi connectivity index (χ0v) is 12.3. The van der Waals surface area contributed by atoms with Crippen molar-refractivity contribution in [2.24, 2.45) is 5.41 Å². The topological polar surface area (TPSA) is 76.2 Å². The first-order chi connectivity index (χ1) is 9.39. The Morgan fingerprint density at radius 3 is 2.75 bits per heavy atom. The van der Waals surface area contributed by atoms with Gasteiger partial charge in [-0.3, -0.25) is 10.1 Å². The van der Waals surface area contributed by atoms with Gasteiger partial charge in [-0.1, -0.05) is 0 Å². The number of hydrogen-bond donors (Lipinski definition) is 0. The molecule has 108 valence electrons. The summed E-state index contributed by atoms with van der Waals surface area (Å²) in [5.41, 5.74) is 0.229. The molecule has 0 bridgehead atoms. The number of nitro groups is 1. The molecule has 0 unspecified atom stereocenters. The van der Waals surface area contributed by atoms with Crippen LogP contribution in [0.15, 0.2) is 18.2 Å². The summed E-state index contributed by atoms with van der Waals surface area (Å²) in [5.74, 6) is 0.709. The van der Waals surface area contributed by atoms with Crippen LogP contribution in [0.2, 0.25) is 0 Å². The molecule has 1 rings (SSSR count). The van der Waals surface area contributed by atoms with Crippen molar-refractivity contribution < 1.29 is 9.66 Å². The Bertz CT molecular complexity index is 524. The maximum atomic E-state index is 10.7. The van der Waals surface area contributed by atoms with Crippen molar-refractivity contribution in [3.63, 3.8) is 0 Å². The number of halogens is 1. The minimum absolute atomic E-state index is 0.00128. The summed E-state index contributed by atoms with van der Waals surface area (Å²) in [5, 5.41) is 19.6. The van der Waals surface area contributed by atoms with Crippen LogP contribution in [0.5, 0.6) is 5.75 Å². The summed E-state index contributed by atoms with van der Waals surface area (Å²) < 4.78 is 5.59. The van der Waals surface area contributed by atoms with Gasteiger partial charge in [-0.2, -0.15) is 5.26 Å². The number of nitriles is 1. The monoisotopic (exact) mass is 296 g/mol. The van der Waals surface area contributed by atoms with E-state index in [4.69, 9.17) is 21.6 Å². The second kappa shape index (κ2) is 7.11. The Morgan fingerprint density at radius 1 is 1.50 bits per heavy atom. The van der Waals surface area contributed by atoms with E-state index in [1.165, 1.54) is 12.1 Å². The van der Waals surface area contributed by atoms with Crippen molar-refractivity contribution in [2.45, 2.75) is 32.6 Å². The summed E-state index contributed by atoms with van der Waals surface area (Å²) in [6, 6.07) is 6.60. The average molecular weight is 297 g/mol. The Labute approximate surface area is 123 Å². The normalized spacial score (nSPS) is 10.9. The highest BCUT2D eigenvalue weighted by molar-refractivity contribution is 6.17. The minimum Gasteiger partial charge on any atom is -0.493 e. The lowest BCUT2D eigenvalue weighted by molar-refractivity contribution is -0.384. The molecule has 0 aliphatic heterocycles. The molecule has 6 heteroatoms. The van der Waals surface area contributed by atoms with Crippen LogP contribution in [0.1, 0.15) is 32.3 Å². The number of ether oxygens (including phenoxy) is 1. The molecule has 0 saturated heterocycles. The highest BCUT2D eigenvalue weighted by Gasteiger charge is 2.16. The molecule has 0 radical (unpaired) electrons. The Balaban J connectivity index is 2.61. The van der Waals surface area contributed by atoms with Crippen LogP contribution in [-0.4, -0.2) is 11.5 Å². The molecule has 1 aromatic carbocycles. The Hall–Kier alpha value is -1.80. The molecule has 0 aliphatic rings. The number of benzene rings is 1. The number of hydrogen-bond acceptors (Lipinski definition) is 4. The fourth-order valence-electron chi connectivity index (χ4n) is 1.68. The lowest BCUT2D eigenvalue weighted by Crippen LogP contribution is -2.10. The van der Waals surface area contributed by atoms with E-state index in [2.05, 4.69) is 6.07 Å². The summed E-state index contributed by atoms with van der Waals surface area (Å²) in [6.45, 7) is 4.21. The third kappa shape index (κ3) is 4.71. The van der Waals surface area contributed by atoms with Crippen molar-refractivity contribution in [1.82, 2.24) is 0 Å². The average Bonchev–Trinajstić information content (AvgIpc) is 2.43. The minimum atomic E-state index is -0.463. The summed E-state index contributed by atoms with van der Waals surface area (Å²) in [6.07, 6.45) is 1.46. The van der Waals surface area contributed by atoms with Crippen molar-refractivity contribution in [3.8, 4) is 11.8 Å². The quantitative estimate of drug-likeness (QED) is 0.329. The molecule has 0 saturated carbocycles. The van der Waals surface area contributed by atoms with E-state index >= 15 is 0 Å². The van der Waals surface area contributed by atoms with Gasteiger partial charge in [0.05, 0.1) is 28.9 Å². The van der Waals surface area contributed by atoms with Crippen molar-refractivity contribution in [1.29, 1.82) is 5.26 Å². The summed E-state index contributed by atoms with van der Waals surface area (Å²) >= 11 is 5.77. The van der Waals surface area contributed by atoms with E-state index in [0.717, 1.165) is 12.8 Å². The standard InChI is InChI=1S/C14H17ClN2O3/c1-14(2,10-16)6-3-7-20-13-5-4-12(17(18)19)8-11(13)9-15/h4-5,8H,3,6-7,9H2,1-2H3. The Kier molecular flexibility index (Phi) is 5.78. The zero-order chi connectivity index (χ0) is 15.2. The highest BCUT2D eigenvalue weighted by atomic mass is 35.5. The molecule has 1 aromatic rings. The van der Waals surface area contributed by atoms with Crippen LogP contribution in [0.4, 0.5) is 5.69 Å². The molecule has 0 aromatic heterocycles. The molecule has 0 spiro atoms. The van der Waals surface area contributed by atoms with Crippen LogP contribution >= 0.6 is 11.6 Å². The van der Waals surface area contributed by atoms with E-state index in [1.807, 2.05) is 13.8 Å². The maximum absolute atomic E-state index is 10.7. The van der Waals surface area contributed by atoms with Gasteiger partial charge in [0.2, 0.25) is 0 Å². The fourth-order valence-corrected chi connectivity index (χ4v) is 1.89. The number of non-ortho nitro benzene ring substituents is 1. The number of rotatable bonds is 7. The summed E-state index contributed by atoms with van der Waals surface area (Å²) in [4.78, 5) is 10.2. The molecule has 0 atom stereocenters. The van der Waals surface area contributed by atoms with Gasteiger partial charge in [0.25, 0.3) is 5.69 Å². The van der Waals surface area contributed by atoms with Crippen LogP contribution in [-0.2, 0) is 5.88 Å². The van der Waals surface area contributed by atoms with Gasteiger partial charge in [-0.15, -0.1) is 11.6 Å². The molecule has 0 aliphatic carbocycles. The second-order valence-electron chi connectivity index (χ2n) is 5.13. The van der Waals surface area contributed by atoms with E-state index in [-0.39, 0.29) is 17.0 Å². The predicted molar refractivity (Wildman–Crippen MR) is 76.8 cm³/mol. The number of alkyl halides is 1. The highest BCUT2D eigenvalue weighted by Crippen LogP contribution is 2.26. The van der Waals surface area contributed by atoms with E-state index < -0.39 is 4.92 Å². The second-order valence-corrected chi connectivity index (χ2v) is 5.40. The first-order valence-corrected chi connectivity index (χ1v) is 6.80. The first kappa shape index (κ1) is 16.3. The van der Waals surface area contributed by atoms with E-state index in [9.17, 15) is 10.1 Å². The lowest BCUT2D eigenvalue weighted by Gasteiger charge is -2.15. The third-order valence-corrected chi connectivity index (χ3v) is 3.19. The molecule has 0 heterocycles. The predicted octanol–water partition coefficient (Wildman–Crippen LogP) is 4.04. The fraction of sp³-hybridized carbons (Fsp3) is 0.500. The lowest BCUT2D eigenvalue weighted by atomic mass is 9.90. The van der Waals surface area contributed by atoms with Gasteiger partial charge >= 0.3 is 0 Å². The van der Waals surface area contributed by atoms with Gasteiger partial charge < -0.3 is 4.74 Å². The smallest absolute Gasteiger partial charge is 0.270 e. The molecule has 20 heavy (non-hydrogen) atoms. The SMILES string of the molecule is CC(C)(C#N)CCCOc1ccc([N+](=O)[O-])cc1CCl. The van der Waals surface area contributed by atoms with Gasteiger partial charge in [0.1, 0.15) is 5.75 Å². The van der Waals surface area contributed by atoms with Crippen LogP contribution < -0.4 is 4.74 Å². The molecule has 0 N–H and O–H groups in total. The third-order valence-electron chi connectivity index (χ3n) is 2.91. The van der Waals surface area contributed by atoms with E-state index in [0.29, 0.717) is 17.9 Å². The van der Waals surface area contributed by atoms with Gasteiger partial charge in [0, 0.05) is 17.7 Å². The zero-order valence-electron chi connectivity index (χ0n) is 11.6. The number of nitrogens with zero attached hydrogens (tertiary/aromatic N) is 2. The maximum Gasteiger partial charge on any atom is 0.270 e. The molecule has 0 fully saturated rings. The summed E-state index contributed by atoms with van der Waals surface area (Å²) in [7, 11) is 0. The van der Waals surface area contributed by atoms with Gasteiger partial charge in [-0.25, -0.2) is 0 Å². The molecule has 5 nitrogen and oxygen atoms in total. The molecule has 0 amide bonds. The van der Waals surface area contributed by atoms with Crippen molar-refractivity contribution in [2.75, 3.05) is 6.61 Å². The Morgan fingerprint density at radius 2 is 2.20 bits per heavy atom. The van der Waals surface area contributed by atoms with Crippen LogP contribution in [0.25, 0.3) is 0 Å².